The van der Waals surface area contributed by atoms with Gasteiger partial charge in [0.2, 0.25) is 0 Å². The summed E-state index contributed by atoms with van der Waals surface area (Å²) in [6.07, 6.45) is 0. The molecule has 0 amide bonds. The monoisotopic (exact) mass is 649 g/mol. The first-order valence-electron chi connectivity index (χ1n) is 17.5. The second-order valence-corrected chi connectivity index (χ2v) is 13.3. The molecule has 0 radical (unpaired) electrons. The lowest BCUT2D eigenvalue weighted by Gasteiger charge is -2.15. The van der Waals surface area contributed by atoms with Crippen molar-refractivity contribution in [3.63, 3.8) is 0 Å². The summed E-state index contributed by atoms with van der Waals surface area (Å²) in [5.41, 5.74) is 13.1. The van der Waals surface area contributed by atoms with Gasteiger partial charge in [-0.3, -0.25) is 0 Å². The van der Waals surface area contributed by atoms with Gasteiger partial charge in [-0.25, -0.2) is 0 Å². The van der Waals surface area contributed by atoms with E-state index < -0.39 is 0 Å². The summed E-state index contributed by atoms with van der Waals surface area (Å²) in [5.74, 6) is 0. The SMILES string of the molecule is c1ccc(-n2c3ccccc3c3cc(-c4cccc(-n5c6ccccc6c6ccccc65)c4)c4c5ccccc5n(-c5ccccc5)c4c32)cc1. The minimum absolute atomic E-state index is 1.14. The van der Waals surface area contributed by atoms with Crippen molar-refractivity contribution in [2.24, 2.45) is 0 Å². The normalized spacial score (nSPS) is 11.9. The van der Waals surface area contributed by atoms with Crippen LogP contribution in [0.5, 0.6) is 0 Å². The molecular formula is C48H31N3. The molecule has 0 spiro atoms. The zero-order valence-corrected chi connectivity index (χ0v) is 27.7. The Balaban J connectivity index is 1.32. The molecule has 3 heteroatoms. The van der Waals surface area contributed by atoms with E-state index in [2.05, 4.69) is 202 Å². The fraction of sp³-hybridized carbons (Fsp3) is 0. The molecule has 8 aromatic carbocycles. The number of hydrogen-bond donors (Lipinski definition) is 0. The number of nitrogens with zero attached hydrogens (tertiary/aromatic N) is 3. The van der Waals surface area contributed by atoms with E-state index in [4.69, 9.17) is 0 Å². The fourth-order valence-corrected chi connectivity index (χ4v) is 8.53. The van der Waals surface area contributed by atoms with E-state index in [1.54, 1.807) is 0 Å². The zero-order valence-electron chi connectivity index (χ0n) is 27.7. The van der Waals surface area contributed by atoms with E-state index >= 15 is 0 Å². The molecule has 0 saturated heterocycles. The molecule has 0 saturated carbocycles. The minimum Gasteiger partial charge on any atom is -0.309 e. The first kappa shape index (κ1) is 28.0. The molecule has 11 aromatic rings. The number of benzene rings is 8. The Hall–Kier alpha value is -6.84. The summed E-state index contributed by atoms with van der Waals surface area (Å²) in [4.78, 5) is 0. The topological polar surface area (TPSA) is 14.8 Å². The van der Waals surface area contributed by atoms with Gasteiger partial charge in [-0.1, -0.05) is 121 Å². The molecule has 238 valence electrons. The van der Waals surface area contributed by atoms with Crippen LogP contribution in [0.4, 0.5) is 0 Å². The third-order valence-corrected chi connectivity index (χ3v) is 10.6. The van der Waals surface area contributed by atoms with Gasteiger partial charge in [0.1, 0.15) is 0 Å². The number of fused-ring (bicyclic) bond motifs is 10. The lowest BCUT2D eigenvalue weighted by molar-refractivity contribution is 1.15. The molecule has 3 nitrogen and oxygen atoms in total. The van der Waals surface area contributed by atoms with Crippen molar-refractivity contribution >= 4 is 65.4 Å². The third kappa shape index (κ3) is 4.00. The number of para-hydroxylation sites is 6. The average molecular weight is 650 g/mol. The van der Waals surface area contributed by atoms with Crippen molar-refractivity contribution in [1.82, 2.24) is 13.7 Å². The average Bonchev–Trinajstić information content (AvgIpc) is 3.84. The molecule has 0 unspecified atom stereocenters. The lowest BCUT2D eigenvalue weighted by atomic mass is 9.96. The van der Waals surface area contributed by atoms with Crippen molar-refractivity contribution in [2.75, 3.05) is 0 Å². The Labute approximate surface area is 294 Å². The predicted octanol–water partition coefficient (Wildman–Crippen LogP) is 12.6. The largest absolute Gasteiger partial charge is 0.309 e. The Morgan fingerprint density at radius 1 is 0.275 bits per heavy atom. The van der Waals surface area contributed by atoms with Gasteiger partial charge in [-0.05, 0) is 77.9 Å². The van der Waals surface area contributed by atoms with Crippen LogP contribution in [0.3, 0.4) is 0 Å². The molecule has 3 aromatic heterocycles. The standard InChI is InChI=1S/C48H31N3/c1-3-17-33(18-4-1)50-44-28-13-9-24-38(44)41-31-40(46-39-25-10-14-29-45(39)51(48(46)47(41)50)34-19-5-2-6-20-34)32-16-15-21-35(30-32)49-42-26-11-7-22-36(42)37-23-8-12-27-43(37)49/h1-31H. The van der Waals surface area contributed by atoms with E-state index in [1.807, 2.05) is 0 Å². The molecule has 0 aliphatic carbocycles. The van der Waals surface area contributed by atoms with E-state index in [0.29, 0.717) is 0 Å². The third-order valence-electron chi connectivity index (χ3n) is 10.6. The van der Waals surface area contributed by atoms with Crippen molar-refractivity contribution < 1.29 is 0 Å². The van der Waals surface area contributed by atoms with Gasteiger partial charge in [-0.2, -0.15) is 0 Å². The van der Waals surface area contributed by atoms with Gasteiger partial charge < -0.3 is 13.7 Å². The molecular weight excluding hydrogens is 619 g/mol. The van der Waals surface area contributed by atoms with Gasteiger partial charge in [0.05, 0.1) is 33.1 Å². The Morgan fingerprint density at radius 2 is 0.706 bits per heavy atom. The van der Waals surface area contributed by atoms with Crippen molar-refractivity contribution in [3.8, 4) is 28.2 Å². The maximum Gasteiger partial charge on any atom is 0.0795 e. The summed E-state index contributed by atoms with van der Waals surface area (Å²) in [5, 5.41) is 7.49. The van der Waals surface area contributed by atoms with Crippen LogP contribution in [0.2, 0.25) is 0 Å². The van der Waals surface area contributed by atoms with Gasteiger partial charge >= 0.3 is 0 Å². The lowest BCUT2D eigenvalue weighted by Crippen LogP contribution is -1.99. The summed E-state index contributed by atoms with van der Waals surface area (Å²) in [6.45, 7) is 0. The Kier molecular flexibility index (Phi) is 5.96. The molecule has 51 heavy (non-hydrogen) atoms. The predicted molar refractivity (Wildman–Crippen MR) is 215 cm³/mol. The summed E-state index contributed by atoms with van der Waals surface area (Å²) < 4.78 is 7.35. The first-order chi connectivity index (χ1) is 25.3. The van der Waals surface area contributed by atoms with Crippen LogP contribution < -0.4 is 0 Å². The fourth-order valence-electron chi connectivity index (χ4n) is 8.53. The van der Waals surface area contributed by atoms with E-state index in [0.717, 1.165) is 17.1 Å². The maximum atomic E-state index is 2.48. The van der Waals surface area contributed by atoms with Gasteiger partial charge in [0, 0.05) is 49.4 Å². The zero-order chi connectivity index (χ0) is 33.5. The maximum absolute atomic E-state index is 2.48. The smallest absolute Gasteiger partial charge is 0.0795 e. The van der Waals surface area contributed by atoms with E-state index in [1.165, 1.54) is 76.5 Å². The van der Waals surface area contributed by atoms with Crippen LogP contribution in [-0.4, -0.2) is 13.7 Å². The van der Waals surface area contributed by atoms with E-state index in [9.17, 15) is 0 Å². The molecule has 0 fully saturated rings. The van der Waals surface area contributed by atoms with Crippen molar-refractivity contribution in [2.45, 2.75) is 0 Å². The number of hydrogen-bond acceptors (Lipinski definition) is 0. The number of rotatable bonds is 4. The van der Waals surface area contributed by atoms with E-state index in [-0.39, 0.29) is 0 Å². The highest BCUT2D eigenvalue weighted by atomic mass is 15.0. The molecule has 3 heterocycles. The van der Waals surface area contributed by atoms with Gasteiger partial charge in [0.25, 0.3) is 0 Å². The van der Waals surface area contributed by atoms with Gasteiger partial charge in [-0.15, -0.1) is 0 Å². The second-order valence-electron chi connectivity index (χ2n) is 13.3. The Bertz CT molecular complexity index is 3070. The highest BCUT2D eigenvalue weighted by molar-refractivity contribution is 6.28. The first-order valence-corrected chi connectivity index (χ1v) is 17.5. The molecule has 0 bridgehead atoms. The molecule has 0 aliphatic heterocycles. The quantitative estimate of drug-likeness (QED) is 0.180. The van der Waals surface area contributed by atoms with Crippen LogP contribution in [-0.2, 0) is 0 Å². The van der Waals surface area contributed by atoms with Crippen LogP contribution >= 0.6 is 0 Å². The van der Waals surface area contributed by atoms with Crippen LogP contribution in [0.25, 0.3) is 93.6 Å². The highest BCUT2D eigenvalue weighted by Crippen LogP contribution is 2.46. The summed E-state index contributed by atoms with van der Waals surface area (Å²) >= 11 is 0. The van der Waals surface area contributed by atoms with Crippen molar-refractivity contribution in [1.29, 1.82) is 0 Å². The number of aromatic nitrogens is 3. The van der Waals surface area contributed by atoms with Crippen LogP contribution in [0.15, 0.2) is 188 Å². The van der Waals surface area contributed by atoms with Gasteiger partial charge in [0.15, 0.2) is 0 Å². The minimum atomic E-state index is 1.14. The second kappa shape index (κ2) is 10.8. The van der Waals surface area contributed by atoms with Crippen LogP contribution in [0, 0.1) is 0 Å². The molecule has 0 aliphatic rings. The van der Waals surface area contributed by atoms with Crippen LogP contribution in [0.1, 0.15) is 0 Å². The summed E-state index contributed by atoms with van der Waals surface area (Å²) in [7, 11) is 0. The summed E-state index contributed by atoms with van der Waals surface area (Å²) in [6, 6.07) is 68.4. The highest BCUT2D eigenvalue weighted by Gasteiger charge is 2.24. The molecule has 11 rings (SSSR count). The molecule has 0 N–H and O–H groups in total. The molecule has 0 atom stereocenters. The Morgan fingerprint density at radius 3 is 1.29 bits per heavy atom. The van der Waals surface area contributed by atoms with Crippen molar-refractivity contribution in [3.05, 3.63) is 188 Å².